The first-order chi connectivity index (χ1) is 9.20. The topological polar surface area (TPSA) is 47.6 Å². The number of alkyl carbamates (subject to hydrolysis) is 1. The van der Waals surface area contributed by atoms with Gasteiger partial charge in [0.25, 0.3) is 0 Å². The molecular weight excluding hydrogens is 242 g/mol. The van der Waals surface area contributed by atoms with Crippen molar-refractivity contribution in [2.75, 3.05) is 6.61 Å². The SMILES string of the molecule is C=CC(C)C1OC(=O)N[C@@H]1COCc1ccccc1. The van der Waals surface area contributed by atoms with E-state index in [1.54, 1.807) is 6.08 Å². The number of ether oxygens (including phenoxy) is 2. The Morgan fingerprint density at radius 1 is 1.47 bits per heavy atom. The van der Waals surface area contributed by atoms with E-state index in [9.17, 15) is 4.79 Å². The van der Waals surface area contributed by atoms with E-state index in [1.165, 1.54) is 0 Å². The summed E-state index contributed by atoms with van der Waals surface area (Å²) in [6.45, 7) is 6.67. The predicted octanol–water partition coefficient (Wildman–Crippen LogP) is 2.50. The molecule has 4 nitrogen and oxygen atoms in total. The first kappa shape index (κ1) is 13.6. The van der Waals surface area contributed by atoms with Crippen molar-refractivity contribution in [1.29, 1.82) is 0 Å². The van der Waals surface area contributed by atoms with Crippen LogP contribution in [0.25, 0.3) is 0 Å². The highest BCUT2D eigenvalue weighted by Crippen LogP contribution is 2.19. The zero-order valence-corrected chi connectivity index (χ0v) is 11.0. The van der Waals surface area contributed by atoms with Gasteiger partial charge in [-0.25, -0.2) is 4.79 Å². The standard InChI is InChI=1S/C15H19NO3/c1-3-11(2)14-13(16-15(17)19-14)10-18-9-12-7-5-4-6-8-12/h3-8,11,13-14H,1,9-10H2,2H3,(H,16,17)/t11?,13-,14?/m1/s1. The molecule has 3 atom stereocenters. The summed E-state index contributed by atoms with van der Waals surface area (Å²) in [6, 6.07) is 9.81. The van der Waals surface area contributed by atoms with E-state index in [4.69, 9.17) is 9.47 Å². The molecule has 1 aliphatic rings. The Bertz CT molecular complexity index is 432. The van der Waals surface area contributed by atoms with E-state index in [1.807, 2.05) is 37.3 Å². The molecule has 0 bridgehead atoms. The highest BCUT2D eigenvalue weighted by Gasteiger charge is 2.36. The number of cyclic esters (lactones) is 1. The lowest BCUT2D eigenvalue weighted by molar-refractivity contribution is 0.0589. The Morgan fingerprint density at radius 2 is 2.21 bits per heavy atom. The van der Waals surface area contributed by atoms with Crippen molar-refractivity contribution in [2.45, 2.75) is 25.7 Å². The molecule has 1 amide bonds. The van der Waals surface area contributed by atoms with Crippen LogP contribution in [-0.2, 0) is 16.1 Å². The number of carbonyl (C=O) groups excluding carboxylic acids is 1. The molecule has 1 aliphatic heterocycles. The van der Waals surface area contributed by atoms with Crippen molar-refractivity contribution in [3.63, 3.8) is 0 Å². The molecule has 0 aliphatic carbocycles. The van der Waals surface area contributed by atoms with Gasteiger partial charge in [-0.05, 0) is 5.56 Å². The third kappa shape index (κ3) is 3.58. The van der Waals surface area contributed by atoms with E-state index in [-0.39, 0.29) is 24.2 Å². The van der Waals surface area contributed by atoms with E-state index in [2.05, 4.69) is 11.9 Å². The molecule has 102 valence electrons. The number of amides is 1. The minimum absolute atomic E-state index is 0.101. The number of hydrogen-bond acceptors (Lipinski definition) is 3. The van der Waals surface area contributed by atoms with Crippen LogP contribution >= 0.6 is 0 Å². The average Bonchev–Trinajstić information content (AvgIpc) is 2.80. The summed E-state index contributed by atoms with van der Waals surface area (Å²) in [5, 5.41) is 2.77. The highest BCUT2D eigenvalue weighted by atomic mass is 16.6. The number of hydrogen-bond donors (Lipinski definition) is 1. The van der Waals surface area contributed by atoms with E-state index < -0.39 is 0 Å². The first-order valence-electron chi connectivity index (χ1n) is 6.42. The van der Waals surface area contributed by atoms with Crippen molar-refractivity contribution < 1.29 is 14.3 Å². The average molecular weight is 261 g/mol. The molecule has 1 aromatic carbocycles. The van der Waals surface area contributed by atoms with Crippen LogP contribution < -0.4 is 5.32 Å². The summed E-state index contributed by atoms with van der Waals surface area (Å²) < 4.78 is 10.9. The van der Waals surface area contributed by atoms with Crippen molar-refractivity contribution in [3.8, 4) is 0 Å². The Kier molecular flexibility index (Phi) is 4.58. The monoisotopic (exact) mass is 261 g/mol. The van der Waals surface area contributed by atoms with Crippen LogP contribution in [0.3, 0.4) is 0 Å². The molecule has 0 aromatic heterocycles. The maximum atomic E-state index is 11.3. The largest absolute Gasteiger partial charge is 0.443 e. The van der Waals surface area contributed by atoms with Gasteiger partial charge in [-0.2, -0.15) is 0 Å². The summed E-state index contributed by atoms with van der Waals surface area (Å²) in [5.41, 5.74) is 1.11. The van der Waals surface area contributed by atoms with Gasteiger partial charge in [0.2, 0.25) is 0 Å². The second-order valence-electron chi connectivity index (χ2n) is 4.72. The highest BCUT2D eigenvalue weighted by molar-refractivity contribution is 5.70. The smallest absolute Gasteiger partial charge is 0.407 e. The summed E-state index contributed by atoms with van der Waals surface area (Å²) in [7, 11) is 0. The number of carbonyl (C=O) groups is 1. The van der Waals surface area contributed by atoms with Gasteiger partial charge in [0.15, 0.2) is 0 Å². The van der Waals surface area contributed by atoms with Crippen molar-refractivity contribution >= 4 is 6.09 Å². The van der Waals surface area contributed by atoms with Gasteiger partial charge < -0.3 is 14.8 Å². The number of nitrogens with one attached hydrogen (secondary N) is 1. The molecule has 4 heteroatoms. The fourth-order valence-electron chi connectivity index (χ4n) is 2.10. The molecule has 1 saturated heterocycles. The second kappa shape index (κ2) is 6.38. The fraction of sp³-hybridized carbons (Fsp3) is 0.400. The van der Waals surface area contributed by atoms with Crippen LogP contribution in [0.5, 0.6) is 0 Å². The maximum Gasteiger partial charge on any atom is 0.407 e. The quantitative estimate of drug-likeness (QED) is 0.800. The minimum atomic E-state index is -0.382. The first-order valence-corrected chi connectivity index (χ1v) is 6.42. The van der Waals surface area contributed by atoms with Gasteiger partial charge in [-0.3, -0.25) is 0 Å². The summed E-state index contributed by atoms with van der Waals surface area (Å²) in [6.07, 6.45) is 1.20. The second-order valence-corrected chi connectivity index (χ2v) is 4.72. The van der Waals surface area contributed by atoms with Crippen LogP contribution in [0.2, 0.25) is 0 Å². The van der Waals surface area contributed by atoms with Gasteiger partial charge in [-0.15, -0.1) is 6.58 Å². The molecule has 1 N–H and O–H groups in total. The van der Waals surface area contributed by atoms with Gasteiger partial charge in [0.1, 0.15) is 6.10 Å². The molecule has 2 rings (SSSR count). The number of benzene rings is 1. The normalized spacial score (nSPS) is 23.5. The fourth-order valence-corrected chi connectivity index (χ4v) is 2.10. The zero-order valence-electron chi connectivity index (χ0n) is 11.0. The van der Waals surface area contributed by atoms with E-state index >= 15 is 0 Å². The lowest BCUT2D eigenvalue weighted by Crippen LogP contribution is -2.38. The predicted molar refractivity (Wildman–Crippen MR) is 72.7 cm³/mol. The van der Waals surface area contributed by atoms with Gasteiger partial charge in [0, 0.05) is 5.92 Å². The van der Waals surface area contributed by atoms with Crippen LogP contribution in [0.4, 0.5) is 4.79 Å². The summed E-state index contributed by atoms with van der Waals surface area (Å²) in [4.78, 5) is 11.3. The van der Waals surface area contributed by atoms with Crippen LogP contribution in [0.15, 0.2) is 43.0 Å². The van der Waals surface area contributed by atoms with E-state index in [0.29, 0.717) is 13.2 Å². The Labute approximate surface area is 113 Å². The maximum absolute atomic E-state index is 11.3. The van der Waals surface area contributed by atoms with Gasteiger partial charge in [-0.1, -0.05) is 43.3 Å². The van der Waals surface area contributed by atoms with Gasteiger partial charge >= 0.3 is 6.09 Å². The number of rotatable bonds is 6. The van der Waals surface area contributed by atoms with Crippen LogP contribution in [-0.4, -0.2) is 24.8 Å². The molecule has 2 unspecified atom stereocenters. The lowest BCUT2D eigenvalue weighted by Gasteiger charge is -2.20. The van der Waals surface area contributed by atoms with Crippen molar-refractivity contribution in [2.24, 2.45) is 5.92 Å². The lowest BCUT2D eigenvalue weighted by atomic mass is 9.99. The van der Waals surface area contributed by atoms with Crippen molar-refractivity contribution in [1.82, 2.24) is 5.32 Å². The molecule has 1 fully saturated rings. The third-order valence-corrected chi connectivity index (χ3v) is 3.24. The molecular formula is C15H19NO3. The van der Waals surface area contributed by atoms with Crippen molar-refractivity contribution in [3.05, 3.63) is 48.6 Å². The molecule has 19 heavy (non-hydrogen) atoms. The van der Waals surface area contributed by atoms with Gasteiger partial charge in [0.05, 0.1) is 19.3 Å². The molecule has 1 aromatic rings. The van der Waals surface area contributed by atoms with E-state index in [0.717, 1.165) is 5.56 Å². The molecule has 0 spiro atoms. The minimum Gasteiger partial charge on any atom is -0.443 e. The summed E-state index contributed by atoms with van der Waals surface area (Å²) in [5.74, 6) is 0.101. The molecule has 1 heterocycles. The molecule has 0 radical (unpaired) electrons. The third-order valence-electron chi connectivity index (χ3n) is 3.24. The summed E-state index contributed by atoms with van der Waals surface area (Å²) >= 11 is 0. The van der Waals surface area contributed by atoms with Crippen LogP contribution in [0.1, 0.15) is 12.5 Å². The Balaban J connectivity index is 1.84. The molecule has 0 saturated carbocycles. The van der Waals surface area contributed by atoms with Crippen LogP contribution in [0, 0.1) is 5.92 Å². The Morgan fingerprint density at radius 3 is 2.89 bits per heavy atom. The Hall–Kier alpha value is -1.81. The zero-order chi connectivity index (χ0) is 13.7.